The van der Waals surface area contributed by atoms with E-state index >= 15 is 0 Å². The van der Waals surface area contributed by atoms with E-state index in [1.165, 1.54) is 25.1 Å². The van der Waals surface area contributed by atoms with E-state index in [4.69, 9.17) is 16.3 Å². The van der Waals surface area contributed by atoms with Crippen molar-refractivity contribution in [1.29, 1.82) is 0 Å². The van der Waals surface area contributed by atoms with Gasteiger partial charge >= 0.3 is 5.97 Å². The molecule has 1 amide bonds. The smallest absolute Gasteiger partial charge is 0.325 e. The third-order valence-electron chi connectivity index (χ3n) is 2.12. The lowest BCUT2D eigenvalue weighted by molar-refractivity contribution is -0.384. The first-order valence-electron chi connectivity index (χ1n) is 5.23. The molecule has 102 valence electrons. The largest absolute Gasteiger partial charge is 0.459 e. The van der Waals surface area contributed by atoms with Gasteiger partial charge in [-0.25, -0.2) is 0 Å². The molecule has 0 atom stereocenters. The quantitative estimate of drug-likeness (QED) is 0.501. The number of benzene rings is 1. The molecule has 8 heteroatoms. The number of esters is 1. The van der Waals surface area contributed by atoms with Crippen LogP contribution in [0.5, 0.6) is 0 Å². The van der Waals surface area contributed by atoms with Crippen molar-refractivity contribution >= 4 is 29.2 Å². The molecule has 0 radical (unpaired) electrons. The van der Waals surface area contributed by atoms with Gasteiger partial charge in [0.1, 0.15) is 13.2 Å². The molecule has 19 heavy (non-hydrogen) atoms. The highest BCUT2D eigenvalue weighted by Crippen LogP contribution is 2.22. The van der Waals surface area contributed by atoms with Crippen molar-refractivity contribution in [2.75, 3.05) is 6.54 Å². The minimum atomic E-state index is -0.621. The number of hydrogen-bond acceptors (Lipinski definition) is 5. The lowest BCUT2D eigenvalue weighted by atomic mass is 10.2. The van der Waals surface area contributed by atoms with Crippen LogP contribution < -0.4 is 5.32 Å². The summed E-state index contributed by atoms with van der Waals surface area (Å²) in [5, 5.41) is 12.9. The summed E-state index contributed by atoms with van der Waals surface area (Å²) in [6, 6.07) is 3.85. The molecule has 0 aromatic heterocycles. The van der Waals surface area contributed by atoms with Gasteiger partial charge in [0, 0.05) is 24.6 Å². The highest BCUT2D eigenvalue weighted by atomic mass is 35.5. The lowest BCUT2D eigenvalue weighted by Crippen LogP contribution is -2.28. The van der Waals surface area contributed by atoms with Crippen LogP contribution >= 0.6 is 11.6 Å². The summed E-state index contributed by atoms with van der Waals surface area (Å²) < 4.78 is 4.85. The number of nitro benzene ring substituents is 1. The van der Waals surface area contributed by atoms with E-state index < -0.39 is 10.9 Å². The van der Waals surface area contributed by atoms with Crippen LogP contribution in [0.4, 0.5) is 5.69 Å². The highest BCUT2D eigenvalue weighted by molar-refractivity contribution is 6.31. The zero-order chi connectivity index (χ0) is 14.4. The number of non-ortho nitro benzene ring substituents is 1. The van der Waals surface area contributed by atoms with Gasteiger partial charge in [0.05, 0.1) is 9.95 Å². The summed E-state index contributed by atoms with van der Waals surface area (Å²) in [6.07, 6.45) is 0. The molecule has 0 unspecified atom stereocenters. The number of hydrogen-bond donors (Lipinski definition) is 1. The van der Waals surface area contributed by atoms with Crippen LogP contribution in [0.3, 0.4) is 0 Å². The zero-order valence-electron chi connectivity index (χ0n) is 10.0. The van der Waals surface area contributed by atoms with Crippen LogP contribution in [-0.2, 0) is 20.9 Å². The minimum Gasteiger partial charge on any atom is -0.459 e. The molecule has 0 aliphatic heterocycles. The van der Waals surface area contributed by atoms with E-state index in [9.17, 15) is 19.7 Å². The van der Waals surface area contributed by atoms with Crippen molar-refractivity contribution in [3.8, 4) is 0 Å². The summed E-state index contributed by atoms with van der Waals surface area (Å²) in [7, 11) is 0. The fourth-order valence-corrected chi connectivity index (χ4v) is 1.40. The fourth-order valence-electron chi connectivity index (χ4n) is 1.17. The normalized spacial score (nSPS) is 9.79. The number of nitro groups is 1. The van der Waals surface area contributed by atoms with Crippen molar-refractivity contribution < 1.29 is 19.2 Å². The Morgan fingerprint density at radius 2 is 2.16 bits per heavy atom. The molecule has 0 saturated heterocycles. The Balaban J connectivity index is 2.56. The Labute approximate surface area is 113 Å². The molecule has 0 aliphatic rings. The molecule has 1 aromatic carbocycles. The van der Waals surface area contributed by atoms with Crippen molar-refractivity contribution in [2.24, 2.45) is 0 Å². The monoisotopic (exact) mass is 286 g/mol. The Morgan fingerprint density at radius 1 is 1.47 bits per heavy atom. The fraction of sp³-hybridized carbons (Fsp3) is 0.273. The third-order valence-corrected chi connectivity index (χ3v) is 2.47. The van der Waals surface area contributed by atoms with E-state index in [1.54, 1.807) is 0 Å². The molecular weight excluding hydrogens is 276 g/mol. The van der Waals surface area contributed by atoms with E-state index in [-0.39, 0.29) is 29.8 Å². The van der Waals surface area contributed by atoms with E-state index in [2.05, 4.69) is 5.32 Å². The van der Waals surface area contributed by atoms with Gasteiger partial charge in [0.25, 0.3) is 5.69 Å². The molecule has 0 bridgehead atoms. The van der Waals surface area contributed by atoms with Crippen molar-refractivity contribution in [3.63, 3.8) is 0 Å². The number of rotatable bonds is 5. The molecule has 1 N–H and O–H groups in total. The van der Waals surface area contributed by atoms with Crippen LogP contribution in [0.2, 0.25) is 5.02 Å². The number of carbonyl (C=O) groups is 2. The van der Waals surface area contributed by atoms with Gasteiger partial charge in [-0.05, 0) is 6.07 Å². The van der Waals surface area contributed by atoms with Gasteiger partial charge in [-0.2, -0.15) is 0 Å². The number of nitrogens with zero attached hydrogens (tertiary/aromatic N) is 1. The van der Waals surface area contributed by atoms with Crippen molar-refractivity contribution in [2.45, 2.75) is 13.5 Å². The second-order valence-electron chi connectivity index (χ2n) is 3.60. The van der Waals surface area contributed by atoms with Crippen LogP contribution in [0.15, 0.2) is 18.2 Å². The number of nitrogens with one attached hydrogen (secondary N) is 1. The SMILES string of the molecule is CC(=O)NCC(=O)OCc1ccc([N+](=O)[O-])cc1Cl. The first-order valence-corrected chi connectivity index (χ1v) is 5.61. The van der Waals surface area contributed by atoms with Gasteiger partial charge < -0.3 is 10.1 Å². The lowest BCUT2D eigenvalue weighted by Gasteiger charge is -2.06. The molecule has 0 spiro atoms. The minimum absolute atomic E-state index is 0.116. The van der Waals surface area contributed by atoms with Gasteiger partial charge in [-0.15, -0.1) is 0 Å². The van der Waals surface area contributed by atoms with Gasteiger partial charge in [0.15, 0.2) is 0 Å². The maximum Gasteiger partial charge on any atom is 0.325 e. The maximum absolute atomic E-state index is 11.2. The van der Waals surface area contributed by atoms with Crippen molar-refractivity contribution in [1.82, 2.24) is 5.32 Å². The summed E-state index contributed by atoms with van der Waals surface area (Å²) in [4.78, 5) is 31.7. The summed E-state index contributed by atoms with van der Waals surface area (Å²) in [6.45, 7) is 0.926. The predicted octanol–water partition coefficient (Wildman–Crippen LogP) is 1.43. The molecule has 0 heterocycles. The second kappa shape index (κ2) is 6.69. The molecule has 0 saturated carbocycles. The van der Waals surface area contributed by atoms with E-state index in [1.807, 2.05) is 0 Å². The van der Waals surface area contributed by atoms with Crippen molar-refractivity contribution in [3.05, 3.63) is 38.9 Å². The molecule has 0 aliphatic carbocycles. The standard InChI is InChI=1S/C11H11ClN2O5/c1-7(15)13-5-11(16)19-6-8-2-3-9(14(17)18)4-10(8)12/h2-4H,5-6H2,1H3,(H,13,15). The molecular formula is C11H11ClN2O5. The first-order chi connectivity index (χ1) is 8.90. The van der Waals surface area contributed by atoms with Crippen LogP contribution in [0.25, 0.3) is 0 Å². The Bertz CT molecular complexity index is 518. The summed E-state index contributed by atoms with van der Waals surface area (Å²) in [5.41, 5.74) is 0.307. The summed E-state index contributed by atoms with van der Waals surface area (Å²) in [5.74, 6) is -0.963. The number of halogens is 1. The average molecular weight is 287 g/mol. The molecule has 7 nitrogen and oxygen atoms in total. The number of ether oxygens (including phenoxy) is 1. The topological polar surface area (TPSA) is 98.5 Å². The number of carbonyl (C=O) groups excluding carboxylic acids is 2. The first kappa shape index (κ1) is 14.9. The Morgan fingerprint density at radius 3 is 2.68 bits per heavy atom. The van der Waals surface area contributed by atoms with Gasteiger partial charge in [-0.3, -0.25) is 19.7 Å². The maximum atomic E-state index is 11.2. The third kappa shape index (κ3) is 4.92. The van der Waals surface area contributed by atoms with Crippen LogP contribution in [-0.4, -0.2) is 23.3 Å². The Hall–Kier alpha value is -2.15. The zero-order valence-corrected chi connectivity index (χ0v) is 10.8. The second-order valence-corrected chi connectivity index (χ2v) is 4.01. The molecule has 1 aromatic rings. The predicted molar refractivity (Wildman–Crippen MR) is 66.6 cm³/mol. The molecule has 0 fully saturated rings. The summed E-state index contributed by atoms with van der Waals surface area (Å²) >= 11 is 5.82. The van der Waals surface area contributed by atoms with Crippen LogP contribution in [0, 0.1) is 10.1 Å². The average Bonchev–Trinajstić information content (AvgIpc) is 2.34. The highest BCUT2D eigenvalue weighted by Gasteiger charge is 2.11. The van der Waals surface area contributed by atoms with Gasteiger partial charge in [0.2, 0.25) is 5.91 Å². The van der Waals surface area contributed by atoms with E-state index in [0.717, 1.165) is 0 Å². The van der Waals surface area contributed by atoms with E-state index in [0.29, 0.717) is 5.56 Å². The van der Waals surface area contributed by atoms with Gasteiger partial charge in [-0.1, -0.05) is 11.6 Å². The number of amides is 1. The van der Waals surface area contributed by atoms with Crippen LogP contribution in [0.1, 0.15) is 12.5 Å². The molecule has 1 rings (SSSR count). The Kier molecular flexibility index (Phi) is 5.25.